The van der Waals surface area contributed by atoms with Crippen LogP contribution in [-0.2, 0) is 9.47 Å². The summed E-state index contributed by atoms with van der Waals surface area (Å²) in [6.07, 6.45) is 3.82. The molecule has 1 aliphatic rings. The van der Waals surface area contributed by atoms with Gasteiger partial charge in [0.25, 0.3) is 0 Å². The highest BCUT2D eigenvalue weighted by molar-refractivity contribution is 8.00. The van der Waals surface area contributed by atoms with Crippen molar-refractivity contribution in [2.75, 3.05) is 19.0 Å². The minimum atomic E-state index is 0.0104. The Hall–Kier alpha value is -0.100. The van der Waals surface area contributed by atoms with Crippen LogP contribution in [0.5, 0.6) is 0 Å². The van der Waals surface area contributed by atoms with E-state index in [1.807, 2.05) is 11.6 Å². The fourth-order valence-electron chi connectivity index (χ4n) is 1.23. The SMILES string of the molecule is c1csc(SCCC2OCCCO2)n1. The maximum absolute atomic E-state index is 5.44. The van der Waals surface area contributed by atoms with Gasteiger partial charge in [-0.3, -0.25) is 0 Å². The van der Waals surface area contributed by atoms with Crippen molar-refractivity contribution in [3.05, 3.63) is 11.6 Å². The molecule has 1 aromatic rings. The highest BCUT2D eigenvalue weighted by atomic mass is 32.2. The van der Waals surface area contributed by atoms with Gasteiger partial charge in [-0.1, -0.05) is 11.8 Å². The molecule has 5 heteroatoms. The number of nitrogens with zero attached hydrogens (tertiary/aromatic N) is 1. The number of thioether (sulfide) groups is 1. The second-order valence-electron chi connectivity index (χ2n) is 2.96. The molecule has 0 N–H and O–H groups in total. The lowest BCUT2D eigenvalue weighted by molar-refractivity contribution is -0.178. The van der Waals surface area contributed by atoms with Crippen LogP contribution in [0.25, 0.3) is 0 Å². The quantitative estimate of drug-likeness (QED) is 0.745. The third kappa shape index (κ3) is 3.24. The second-order valence-corrected chi connectivity index (χ2v) is 5.20. The monoisotopic (exact) mass is 231 g/mol. The number of hydrogen-bond donors (Lipinski definition) is 0. The molecule has 14 heavy (non-hydrogen) atoms. The van der Waals surface area contributed by atoms with Crippen molar-refractivity contribution in [3.63, 3.8) is 0 Å². The summed E-state index contributed by atoms with van der Waals surface area (Å²) in [5, 5.41) is 2.00. The molecule has 2 heterocycles. The lowest BCUT2D eigenvalue weighted by Crippen LogP contribution is -2.25. The van der Waals surface area contributed by atoms with Crippen LogP contribution in [0.4, 0.5) is 0 Å². The van der Waals surface area contributed by atoms with E-state index in [1.165, 1.54) is 0 Å². The Morgan fingerprint density at radius 3 is 3.07 bits per heavy atom. The van der Waals surface area contributed by atoms with Crippen molar-refractivity contribution < 1.29 is 9.47 Å². The van der Waals surface area contributed by atoms with E-state index in [4.69, 9.17) is 9.47 Å². The van der Waals surface area contributed by atoms with Gasteiger partial charge in [0.1, 0.15) is 4.34 Å². The predicted molar refractivity (Wildman–Crippen MR) is 57.8 cm³/mol. The van der Waals surface area contributed by atoms with E-state index in [1.54, 1.807) is 23.1 Å². The molecule has 0 aliphatic carbocycles. The number of hydrogen-bond acceptors (Lipinski definition) is 5. The Kier molecular flexibility index (Phi) is 4.24. The number of ether oxygens (including phenoxy) is 2. The average molecular weight is 231 g/mol. The van der Waals surface area contributed by atoms with Gasteiger partial charge in [0.05, 0.1) is 13.2 Å². The van der Waals surface area contributed by atoms with Crippen LogP contribution in [0.15, 0.2) is 15.9 Å². The molecule has 0 radical (unpaired) electrons. The van der Waals surface area contributed by atoms with E-state index in [9.17, 15) is 0 Å². The smallest absolute Gasteiger partial charge is 0.158 e. The summed E-state index contributed by atoms with van der Waals surface area (Å²) in [5.74, 6) is 1.01. The van der Waals surface area contributed by atoms with E-state index in [0.29, 0.717) is 0 Å². The van der Waals surface area contributed by atoms with E-state index < -0.39 is 0 Å². The molecule has 3 nitrogen and oxygen atoms in total. The first kappa shape index (κ1) is 10.4. The molecule has 0 saturated carbocycles. The molecule has 0 bridgehead atoms. The summed E-state index contributed by atoms with van der Waals surface area (Å²) in [4.78, 5) is 4.20. The van der Waals surface area contributed by atoms with Crippen molar-refractivity contribution in [2.45, 2.75) is 23.5 Å². The molecule has 1 aromatic heterocycles. The average Bonchev–Trinajstić information content (AvgIpc) is 2.72. The molecule has 0 unspecified atom stereocenters. The first-order valence-corrected chi connectivity index (χ1v) is 6.57. The minimum Gasteiger partial charge on any atom is -0.353 e. The normalized spacial score (nSPS) is 18.6. The topological polar surface area (TPSA) is 31.4 Å². The maximum atomic E-state index is 5.44. The highest BCUT2D eigenvalue weighted by Crippen LogP contribution is 2.22. The van der Waals surface area contributed by atoms with Gasteiger partial charge >= 0.3 is 0 Å². The van der Waals surface area contributed by atoms with E-state index in [2.05, 4.69) is 4.98 Å². The summed E-state index contributed by atoms with van der Waals surface area (Å²) in [6.45, 7) is 1.68. The van der Waals surface area contributed by atoms with Gasteiger partial charge in [0.2, 0.25) is 0 Å². The summed E-state index contributed by atoms with van der Waals surface area (Å²) in [6, 6.07) is 0. The van der Waals surface area contributed by atoms with E-state index in [-0.39, 0.29) is 6.29 Å². The first-order chi connectivity index (χ1) is 6.95. The molecule has 78 valence electrons. The van der Waals surface area contributed by atoms with Gasteiger partial charge in [-0.15, -0.1) is 11.3 Å². The zero-order chi connectivity index (χ0) is 9.64. The third-order valence-electron chi connectivity index (χ3n) is 1.88. The summed E-state index contributed by atoms with van der Waals surface area (Å²) in [7, 11) is 0. The molecular formula is C9H13NO2S2. The Morgan fingerprint density at radius 1 is 1.50 bits per heavy atom. The molecule has 0 spiro atoms. The Labute approximate surface area is 91.8 Å². The van der Waals surface area contributed by atoms with Crippen molar-refractivity contribution in [1.29, 1.82) is 0 Å². The van der Waals surface area contributed by atoms with Gasteiger partial charge < -0.3 is 9.47 Å². The van der Waals surface area contributed by atoms with Crippen LogP contribution in [0.1, 0.15) is 12.8 Å². The Balaban J connectivity index is 1.62. The lowest BCUT2D eigenvalue weighted by Gasteiger charge is -2.22. The third-order valence-corrected chi connectivity index (χ3v) is 3.88. The lowest BCUT2D eigenvalue weighted by atomic mass is 10.4. The standard InChI is InChI=1S/C9H13NO2S2/c1-4-11-8(12-5-1)2-6-13-9-10-3-7-14-9/h3,7-8H,1-2,4-6H2. The Morgan fingerprint density at radius 2 is 2.36 bits per heavy atom. The van der Waals surface area contributed by atoms with Gasteiger partial charge in [0, 0.05) is 23.8 Å². The van der Waals surface area contributed by atoms with Crippen molar-refractivity contribution in [3.8, 4) is 0 Å². The van der Waals surface area contributed by atoms with E-state index in [0.717, 1.165) is 36.1 Å². The number of rotatable bonds is 4. The second kappa shape index (κ2) is 5.70. The largest absolute Gasteiger partial charge is 0.353 e. The van der Waals surface area contributed by atoms with Crippen LogP contribution >= 0.6 is 23.1 Å². The summed E-state index contributed by atoms with van der Waals surface area (Å²) >= 11 is 3.45. The van der Waals surface area contributed by atoms with Crippen LogP contribution < -0.4 is 0 Å². The van der Waals surface area contributed by atoms with Crippen LogP contribution in [0.3, 0.4) is 0 Å². The minimum absolute atomic E-state index is 0.0104. The first-order valence-electron chi connectivity index (χ1n) is 4.70. The van der Waals surface area contributed by atoms with Gasteiger partial charge in [0.15, 0.2) is 6.29 Å². The van der Waals surface area contributed by atoms with Crippen LogP contribution in [-0.4, -0.2) is 30.2 Å². The molecule has 2 rings (SSSR count). The maximum Gasteiger partial charge on any atom is 0.158 e. The summed E-state index contributed by atoms with van der Waals surface area (Å²) in [5.41, 5.74) is 0. The molecule has 1 fully saturated rings. The zero-order valence-corrected chi connectivity index (χ0v) is 9.48. The fourth-order valence-corrected chi connectivity index (χ4v) is 2.90. The van der Waals surface area contributed by atoms with Crippen LogP contribution in [0, 0.1) is 0 Å². The molecular weight excluding hydrogens is 218 g/mol. The van der Waals surface area contributed by atoms with Crippen molar-refractivity contribution in [1.82, 2.24) is 4.98 Å². The molecule has 0 aromatic carbocycles. The molecule has 0 amide bonds. The molecule has 1 aliphatic heterocycles. The predicted octanol–water partition coefficient (Wildman–Crippen LogP) is 2.39. The van der Waals surface area contributed by atoms with Crippen molar-refractivity contribution in [2.24, 2.45) is 0 Å². The number of thiazole rings is 1. The zero-order valence-electron chi connectivity index (χ0n) is 7.85. The van der Waals surface area contributed by atoms with Gasteiger partial charge in [-0.05, 0) is 6.42 Å². The van der Waals surface area contributed by atoms with Gasteiger partial charge in [-0.25, -0.2) is 4.98 Å². The number of aromatic nitrogens is 1. The van der Waals surface area contributed by atoms with E-state index >= 15 is 0 Å². The van der Waals surface area contributed by atoms with Crippen molar-refractivity contribution >= 4 is 23.1 Å². The van der Waals surface area contributed by atoms with Gasteiger partial charge in [-0.2, -0.15) is 0 Å². The fraction of sp³-hybridized carbons (Fsp3) is 0.667. The molecule has 0 atom stereocenters. The highest BCUT2D eigenvalue weighted by Gasteiger charge is 2.13. The Bertz CT molecular complexity index is 247. The molecule has 1 saturated heterocycles. The van der Waals surface area contributed by atoms with Crippen LogP contribution in [0.2, 0.25) is 0 Å². The summed E-state index contributed by atoms with van der Waals surface area (Å²) < 4.78 is 12.0.